The summed E-state index contributed by atoms with van der Waals surface area (Å²) in [5.41, 5.74) is 0.436. The van der Waals surface area contributed by atoms with Crippen molar-refractivity contribution < 1.29 is 5.11 Å². The highest BCUT2D eigenvalue weighted by Crippen LogP contribution is 2.04. The summed E-state index contributed by atoms with van der Waals surface area (Å²) in [6.45, 7) is 2.81. The monoisotopic (exact) mass is 208 g/mol. The lowest BCUT2D eigenvalue weighted by atomic mass is 10.4. The number of hydrogen-bond acceptors (Lipinski definition) is 4. The van der Waals surface area contributed by atoms with Crippen LogP contribution < -0.4 is 5.56 Å². The first-order valence-corrected chi connectivity index (χ1v) is 4.79. The second kappa shape index (κ2) is 3.82. The van der Waals surface area contributed by atoms with Crippen molar-refractivity contribution in [2.75, 3.05) is 6.61 Å². The molecule has 2 rings (SSSR count). The predicted molar refractivity (Wildman–Crippen MR) is 54.5 cm³/mol. The van der Waals surface area contributed by atoms with E-state index in [2.05, 4.69) is 10.1 Å². The average molecular weight is 208 g/mol. The van der Waals surface area contributed by atoms with Crippen molar-refractivity contribution in [3.05, 3.63) is 22.9 Å². The molecule has 1 N–H and O–H groups in total. The van der Waals surface area contributed by atoms with Crippen molar-refractivity contribution >= 4 is 11.0 Å². The van der Waals surface area contributed by atoms with Crippen molar-refractivity contribution in [3.8, 4) is 0 Å². The van der Waals surface area contributed by atoms with Gasteiger partial charge in [0.2, 0.25) is 0 Å². The van der Waals surface area contributed by atoms with Gasteiger partial charge in [-0.3, -0.25) is 9.36 Å². The Hall–Kier alpha value is -1.69. The lowest BCUT2D eigenvalue weighted by molar-refractivity contribution is 0.271. The van der Waals surface area contributed by atoms with Gasteiger partial charge in [0.05, 0.1) is 25.7 Å². The number of aromatic nitrogens is 4. The van der Waals surface area contributed by atoms with Gasteiger partial charge >= 0.3 is 0 Å². The Labute approximate surface area is 85.8 Å². The molecular weight excluding hydrogens is 196 g/mol. The van der Waals surface area contributed by atoms with Gasteiger partial charge < -0.3 is 5.11 Å². The largest absolute Gasteiger partial charge is 0.394 e. The lowest BCUT2D eigenvalue weighted by Crippen LogP contribution is -2.19. The van der Waals surface area contributed by atoms with Crippen molar-refractivity contribution in [2.24, 2.45) is 0 Å². The van der Waals surface area contributed by atoms with Gasteiger partial charge in [0.25, 0.3) is 5.56 Å². The summed E-state index contributed by atoms with van der Waals surface area (Å²) in [5, 5.41) is 13.3. The van der Waals surface area contributed by atoms with E-state index in [-0.39, 0.29) is 12.2 Å². The minimum atomic E-state index is -0.0910. The zero-order valence-electron chi connectivity index (χ0n) is 8.42. The van der Waals surface area contributed by atoms with Crippen LogP contribution in [0.3, 0.4) is 0 Å². The zero-order chi connectivity index (χ0) is 10.8. The van der Waals surface area contributed by atoms with Gasteiger partial charge in [0.15, 0.2) is 5.65 Å². The van der Waals surface area contributed by atoms with Gasteiger partial charge in [-0.1, -0.05) is 0 Å². The molecule has 0 atom stereocenters. The van der Waals surface area contributed by atoms with E-state index in [1.54, 1.807) is 0 Å². The third-order valence-electron chi connectivity index (χ3n) is 2.27. The third kappa shape index (κ3) is 1.52. The predicted octanol–water partition coefficient (Wildman–Crippen LogP) is -0.395. The Morgan fingerprint density at radius 2 is 2.33 bits per heavy atom. The van der Waals surface area contributed by atoms with Crippen LogP contribution in [0.1, 0.15) is 6.92 Å². The molecule has 0 saturated heterocycles. The van der Waals surface area contributed by atoms with Crippen LogP contribution in [-0.2, 0) is 13.1 Å². The van der Waals surface area contributed by atoms with Crippen LogP contribution in [0.4, 0.5) is 0 Å². The quantitative estimate of drug-likeness (QED) is 0.745. The molecule has 2 aromatic rings. The van der Waals surface area contributed by atoms with E-state index in [4.69, 9.17) is 5.11 Å². The van der Waals surface area contributed by atoms with Crippen molar-refractivity contribution in [1.82, 2.24) is 19.3 Å². The molecule has 0 aliphatic heterocycles. The number of aliphatic hydroxyl groups is 1. The van der Waals surface area contributed by atoms with Crippen LogP contribution >= 0.6 is 0 Å². The molecule has 0 aliphatic carbocycles. The molecule has 0 unspecified atom stereocenters. The Balaban J connectivity index is 2.65. The van der Waals surface area contributed by atoms with Crippen LogP contribution in [0.15, 0.2) is 17.3 Å². The van der Waals surface area contributed by atoms with Crippen LogP contribution in [0.2, 0.25) is 0 Å². The molecule has 2 aromatic heterocycles. The fraction of sp³-hybridized carbons (Fsp3) is 0.444. The Morgan fingerprint density at radius 1 is 1.53 bits per heavy atom. The molecule has 0 radical (unpaired) electrons. The summed E-state index contributed by atoms with van der Waals surface area (Å²) in [6.07, 6.45) is 2.99. The number of rotatable bonds is 3. The first kappa shape index (κ1) is 9.85. The van der Waals surface area contributed by atoms with E-state index in [1.807, 2.05) is 6.92 Å². The first-order valence-electron chi connectivity index (χ1n) is 4.79. The Bertz CT molecular complexity index is 528. The van der Waals surface area contributed by atoms with Gasteiger partial charge in [0, 0.05) is 6.54 Å². The summed E-state index contributed by atoms with van der Waals surface area (Å²) in [5.74, 6) is 0. The molecule has 6 nitrogen and oxygen atoms in total. The standard InChI is InChI=1S/C9H12N4O2/c1-2-12-6-10-8-7(9(12)15)5-11-13(8)3-4-14/h5-6,14H,2-4H2,1H3. The fourth-order valence-corrected chi connectivity index (χ4v) is 1.48. The van der Waals surface area contributed by atoms with Crippen molar-refractivity contribution in [2.45, 2.75) is 20.0 Å². The fourth-order valence-electron chi connectivity index (χ4n) is 1.48. The maximum absolute atomic E-state index is 11.8. The van der Waals surface area contributed by atoms with Gasteiger partial charge in [0.1, 0.15) is 5.39 Å². The maximum Gasteiger partial charge on any atom is 0.264 e. The normalized spacial score (nSPS) is 11.1. The molecule has 2 heterocycles. The number of aliphatic hydroxyl groups excluding tert-OH is 1. The van der Waals surface area contributed by atoms with E-state index in [1.165, 1.54) is 21.8 Å². The van der Waals surface area contributed by atoms with Gasteiger partial charge in [-0.25, -0.2) is 9.67 Å². The summed E-state index contributed by atoms with van der Waals surface area (Å²) in [7, 11) is 0. The average Bonchev–Trinajstić information content (AvgIpc) is 2.64. The van der Waals surface area contributed by atoms with E-state index < -0.39 is 0 Å². The Morgan fingerprint density at radius 3 is 3.00 bits per heavy atom. The minimum Gasteiger partial charge on any atom is -0.394 e. The van der Waals surface area contributed by atoms with Gasteiger partial charge in [-0.15, -0.1) is 0 Å². The number of hydrogen-bond donors (Lipinski definition) is 1. The lowest BCUT2D eigenvalue weighted by Gasteiger charge is -2.01. The van der Waals surface area contributed by atoms with Crippen molar-refractivity contribution in [3.63, 3.8) is 0 Å². The smallest absolute Gasteiger partial charge is 0.264 e. The number of aryl methyl sites for hydroxylation is 1. The molecule has 0 saturated carbocycles. The number of nitrogens with zero attached hydrogens (tertiary/aromatic N) is 4. The topological polar surface area (TPSA) is 72.9 Å². The highest BCUT2D eigenvalue weighted by molar-refractivity contribution is 5.72. The van der Waals surface area contributed by atoms with Crippen LogP contribution in [0.25, 0.3) is 11.0 Å². The summed E-state index contributed by atoms with van der Waals surface area (Å²) < 4.78 is 3.05. The number of fused-ring (bicyclic) bond motifs is 1. The van der Waals surface area contributed by atoms with Crippen molar-refractivity contribution in [1.29, 1.82) is 0 Å². The summed E-state index contributed by atoms with van der Waals surface area (Å²) >= 11 is 0. The molecule has 0 aromatic carbocycles. The van der Waals surface area contributed by atoms with Crippen LogP contribution in [-0.4, -0.2) is 31.0 Å². The van der Waals surface area contributed by atoms with E-state index in [0.29, 0.717) is 24.1 Å². The molecule has 0 fully saturated rings. The maximum atomic E-state index is 11.8. The molecule has 0 spiro atoms. The van der Waals surface area contributed by atoms with Crippen LogP contribution in [0.5, 0.6) is 0 Å². The zero-order valence-corrected chi connectivity index (χ0v) is 8.42. The van der Waals surface area contributed by atoms with E-state index in [9.17, 15) is 4.79 Å². The summed E-state index contributed by atoms with van der Waals surface area (Å²) in [6, 6.07) is 0. The van der Waals surface area contributed by atoms with E-state index >= 15 is 0 Å². The molecule has 0 amide bonds. The third-order valence-corrected chi connectivity index (χ3v) is 2.27. The molecular formula is C9H12N4O2. The highest BCUT2D eigenvalue weighted by Gasteiger charge is 2.08. The SMILES string of the molecule is CCn1cnc2c(cnn2CCO)c1=O. The van der Waals surface area contributed by atoms with Crippen LogP contribution in [0, 0.1) is 0 Å². The second-order valence-corrected chi connectivity index (χ2v) is 3.16. The van der Waals surface area contributed by atoms with E-state index in [0.717, 1.165) is 0 Å². The first-order chi connectivity index (χ1) is 7.27. The van der Waals surface area contributed by atoms with Gasteiger partial charge in [-0.2, -0.15) is 5.10 Å². The molecule has 15 heavy (non-hydrogen) atoms. The second-order valence-electron chi connectivity index (χ2n) is 3.16. The highest BCUT2D eigenvalue weighted by atomic mass is 16.3. The molecule has 80 valence electrons. The molecule has 0 aliphatic rings. The van der Waals surface area contributed by atoms with Gasteiger partial charge in [-0.05, 0) is 6.92 Å². The molecule has 6 heteroatoms. The minimum absolute atomic E-state index is 0.0185. The molecule has 0 bridgehead atoms. The Kier molecular flexibility index (Phi) is 2.51. The summed E-state index contributed by atoms with van der Waals surface area (Å²) in [4.78, 5) is 15.9.